The number of anilines is 1. The maximum absolute atomic E-state index is 13.1. The Morgan fingerprint density at radius 1 is 1.15 bits per heavy atom. The van der Waals surface area contributed by atoms with Crippen LogP contribution in [0.4, 0.5) is 5.69 Å². The number of aromatic nitrogens is 1. The molecule has 0 aliphatic carbocycles. The minimum Gasteiger partial charge on any atom is -0.464 e. The Balaban J connectivity index is 1.96. The molecule has 1 aromatic carbocycles. The van der Waals surface area contributed by atoms with Gasteiger partial charge in [-0.3, -0.25) is 4.79 Å². The van der Waals surface area contributed by atoms with E-state index in [4.69, 9.17) is 9.15 Å². The minimum absolute atomic E-state index is 0.00471. The maximum Gasteiger partial charge on any atom is 0.354 e. The van der Waals surface area contributed by atoms with E-state index in [2.05, 4.69) is 0 Å². The van der Waals surface area contributed by atoms with Crippen LogP contribution in [0.5, 0.6) is 0 Å². The molecule has 0 N–H and O–H groups in total. The number of carbonyl (C=O) groups excluding carboxylic acids is 2. The van der Waals surface area contributed by atoms with Gasteiger partial charge in [0.1, 0.15) is 18.0 Å². The molecule has 3 rings (SSSR count). The second-order valence-electron chi connectivity index (χ2n) is 6.14. The van der Waals surface area contributed by atoms with Gasteiger partial charge in [0.15, 0.2) is 0 Å². The first-order chi connectivity index (χ1) is 13.0. The summed E-state index contributed by atoms with van der Waals surface area (Å²) in [5.41, 5.74) is 2.85. The molecule has 0 atom stereocenters. The number of benzene rings is 1. The normalized spacial score (nSPS) is 10.6. The Labute approximate surface area is 158 Å². The third-order valence-corrected chi connectivity index (χ3v) is 4.37. The number of hydrogen-bond acceptors (Lipinski definition) is 4. The standard InChI is InChI=1S/C21H22N2O4/c1-4-22(16-8-5-7-15(2)13-16)20(24)14-23-17(19-9-6-12-27-19)10-11-18(23)21(25)26-3/h5-13H,4,14H2,1-3H3. The molecular formula is C21H22N2O4. The van der Waals surface area contributed by atoms with Crippen molar-refractivity contribution in [2.45, 2.75) is 20.4 Å². The van der Waals surface area contributed by atoms with E-state index in [0.717, 1.165) is 11.3 Å². The van der Waals surface area contributed by atoms with Crippen molar-refractivity contribution in [3.63, 3.8) is 0 Å². The van der Waals surface area contributed by atoms with Crippen LogP contribution in [0.15, 0.2) is 59.2 Å². The van der Waals surface area contributed by atoms with E-state index in [1.807, 2.05) is 38.1 Å². The first-order valence-corrected chi connectivity index (χ1v) is 8.74. The van der Waals surface area contributed by atoms with E-state index in [1.165, 1.54) is 7.11 Å². The molecule has 6 heteroatoms. The van der Waals surface area contributed by atoms with Crippen LogP contribution in [0.1, 0.15) is 23.0 Å². The van der Waals surface area contributed by atoms with Gasteiger partial charge in [0.25, 0.3) is 0 Å². The van der Waals surface area contributed by atoms with Gasteiger partial charge in [-0.1, -0.05) is 12.1 Å². The van der Waals surface area contributed by atoms with Crippen molar-refractivity contribution < 1.29 is 18.7 Å². The molecule has 1 amide bonds. The van der Waals surface area contributed by atoms with Gasteiger partial charge in [0, 0.05) is 12.2 Å². The van der Waals surface area contributed by atoms with Crippen molar-refractivity contribution in [3.8, 4) is 11.5 Å². The number of methoxy groups -OCH3 is 1. The lowest BCUT2D eigenvalue weighted by Gasteiger charge is -2.23. The first kappa shape index (κ1) is 18.5. The maximum atomic E-state index is 13.1. The van der Waals surface area contributed by atoms with Crippen molar-refractivity contribution in [3.05, 3.63) is 66.1 Å². The van der Waals surface area contributed by atoms with Crippen LogP contribution in [0.25, 0.3) is 11.5 Å². The second kappa shape index (κ2) is 7.95. The van der Waals surface area contributed by atoms with E-state index >= 15 is 0 Å². The summed E-state index contributed by atoms with van der Waals surface area (Å²) in [5.74, 6) is -0.0481. The predicted molar refractivity (Wildman–Crippen MR) is 103 cm³/mol. The molecule has 6 nitrogen and oxygen atoms in total. The topological polar surface area (TPSA) is 64.7 Å². The Bertz CT molecular complexity index is 941. The largest absolute Gasteiger partial charge is 0.464 e. The Morgan fingerprint density at radius 3 is 2.59 bits per heavy atom. The summed E-state index contributed by atoms with van der Waals surface area (Å²) in [7, 11) is 1.32. The number of aryl methyl sites for hydroxylation is 1. The molecule has 2 heterocycles. The highest BCUT2D eigenvalue weighted by Crippen LogP contribution is 2.25. The van der Waals surface area contributed by atoms with Crippen molar-refractivity contribution in [2.75, 3.05) is 18.6 Å². The number of ether oxygens (including phenoxy) is 1. The van der Waals surface area contributed by atoms with Crippen molar-refractivity contribution in [2.24, 2.45) is 0 Å². The van der Waals surface area contributed by atoms with E-state index in [-0.39, 0.29) is 12.5 Å². The molecule has 0 saturated carbocycles. The fourth-order valence-electron chi connectivity index (χ4n) is 3.08. The van der Waals surface area contributed by atoms with Gasteiger partial charge < -0.3 is 18.6 Å². The molecule has 0 bridgehead atoms. The highest BCUT2D eigenvalue weighted by Gasteiger charge is 2.22. The molecule has 0 radical (unpaired) electrons. The number of nitrogens with zero attached hydrogens (tertiary/aromatic N) is 2. The third-order valence-electron chi connectivity index (χ3n) is 4.37. The third kappa shape index (κ3) is 3.79. The number of amides is 1. The van der Waals surface area contributed by atoms with Gasteiger partial charge >= 0.3 is 5.97 Å². The van der Waals surface area contributed by atoms with E-state index in [9.17, 15) is 9.59 Å². The molecule has 0 aliphatic rings. The first-order valence-electron chi connectivity index (χ1n) is 8.74. The van der Waals surface area contributed by atoms with Crippen LogP contribution < -0.4 is 4.90 Å². The van der Waals surface area contributed by atoms with Gasteiger partial charge in [0.05, 0.1) is 19.1 Å². The Hall–Kier alpha value is -3.28. The summed E-state index contributed by atoms with van der Waals surface area (Å²) in [6.45, 7) is 4.42. The fraction of sp³-hybridized carbons (Fsp3) is 0.238. The summed E-state index contributed by atoms with van der Waals surface area (Å²) in [6, 6.07) is 14.7. The van der Waals surface area contributed by atoms with Gasteiger partial charge in [-0.05, 0) is 55.8 Å². The van der Waals surface area contributed by atoms with Crippen molar-refractivity contribution in [1.82, 2.24) is 4.57 Å². The molecule has 0 unspecified atom stereocenters. The second-order valence-corrected chi connectivity index (χ2v) is 6.14. The average molecular weight is 366 g/mol. The highest BCUT2D eigenvalue weighted by atomic mass is 16.5. The predicted octanol–water partition coefficient (Wildman–Crippen LogP) is 3.90. The summed E-state index contributed by atoms with van der Waals surface area (Å²) in [6.07, 6.45) is 1.55. The number of furan rings is 1. The molecule has 3 aromatic rings. The molecule has 27 heavy (non-hydrogen) atoms. The van der Waals surface area contributed by atoms with Crippen molar-refractivity contribution in [1.29, 1.82) is 0 Å². The summed E-state index contributed by atoms with van der Waals surface area (Å²) >= 11 is 0. The van der Waals surface area contributed by atoms with E-state index in [1.54, 1.807) is 40.0 Å². The molecule has 0 aliphatic heterocycles. The van der Waals surface area contributed by atoms with Gasteiger partial charge in [0.2, 0.25) is 5.91 Å². The summed E-state index contributed by atoms with van der Waals surface area (Å²) in [4.78, 5) is 26.9. The van der Waals surface area contributed by atoms with Crippen LogP contribution in [0.2, 0.25) is 0 Å². The van der Waals surface area contributed by atoms with Gasteiger partial charge in [-0.15, -0.1) is 0 Å². The van der Waals surface area contributed by atoms with E-state index < -0.39 is 5.97 Å². The molecule has 0 fully saturated rings. The monoisotopic (exact) mass is 366 g/mol. The van der Waals surface area contributed by atoms with Crippen LogP contribution in [0, 0.1) is 6.92 Å². The Kier molecular flexibility index (Phi) is 5.45. The lowest BCUT2D eigenvalue weighted by atomic mass is 10.2. The lowest BCUT2D eigenvalue weighted by molar-refractivity contribution is -0.119. The molecule has 0 saturated heterocycles. The lowest BCUT2D eigenvalue weighted by Crippen LogP contribution is -2.34. The number of hydrogen-bond donors (Lipinski definition) is 0. The number of likely N-dealkylation sites (N-methyl/N-ethyl adjacent to an activating group) is 1. The van der Waals surface area contributed by atoms with Crippen molar-refractivity contribution >= 4 is 17.6 Å². The molecule has 2 aromatic heterocycles. The number of carbonyl (C=O) groups is 2. The van der Waals surface area contributed by atoms with Gasteiger partial charge in [-0.25, -0.2) is 4.79 Å². The zero-order chi connectivity index (χ0) is 19.4. The molecule has 140 valence electrons. The van der Waals surface area contributed by atoms with E-state index in [0.29, 0.717) is 23.7 Å². The molecule has 0 spiro atoms. The van der Waals surface area contributed by atoms with Crippen LogP contribution in [-0.4, -0.2) is 30.1 Å². The van der Waals surface area contributed by atoms with Crippen LogP contribution in [0.3, 0.4) is 0 Å². The highest BCUT2D eigenvalue weighted by molar-refractivity contribution is 5.95. The number of rotatable bonds is 6. The smallest absolute Gasteiger partial charge is 0.354 e. The SMILES string of the molecule is CCN(C(=O)Cn1c(C(=O)OC)ccc1-c1ccco1)c1cccc(C)c1. The Morgan fingerprint density at radius 2 is 1.96 bits per heavy atom. The molecular weight excluding hydrogens is 344 g/mol. The number of esters is 1. The fourth-order valence-corrected chi connectivity index (χ4v) is 3.08. The minimum atomic E-state index is -0.501. The summed E-state index contributed by atoms with van der Waals surface area (Å²) < 4.78 is 11.9. The summed E-state index contributed by atoms with van der Waals surface area (Å²) in [5, 5.41) is 0. The van der Waals surface area contributed by atoms with Crippen LogP contribution in [-0.2, 0) is 16.1 Å². The van der Waals surface area contributed by atoms with Gasteiger partial charge in [-0.2, -0.15) is 0 Å². The van der Waals surface area contributed by atoms with Crippen LogP contribution >= 0.6 is 0 Å². The zero-order valence-electron chi connectivity index (χ0n) is 15.6. The zero-order valence-corrected chi connectivity index (χ0v) is 15.6. The average Bonchev–Trinajstić information content (AvgIpc) is 3.31. The quantitative estimate of drug-likeness (QED) is 0.621.